The molecule has 2 aromatic carbocycles. The number of aromatic carboxylic acids is 1. The topological polar surface area (TPSA) is 148 Å². The third kappa shape index (κ3) is 2.53. The normalized spacial score (nSPS) is 10.2. The number of hydrogen-bond acceptors (Lipinski definition) is 5. The molecule has 21 heavy (non-hydrogen) atoms. The third-order valence-corrected chi connectivity index (χ3v) is 3.00. The number of benzene rings is 2. The predicted octanol–water partition coefficient (Wildman–Crippen LogP) is -0.255. The van der Waals surface area contributed by atoms with Crippen LogP contribution in [0.3, 0.4) is 0 Å². The largest absolute Gasteiger partial charge is 0.478 e. The molecule has 8 nitrogen and oxygen atoms in total. The van der Waals surface area contributed by atoms with Crippen LogP contribution in [0.25, 0.3) is 10.8 Å². The molecule has 0 aromatic heterocycles. The number of carbonyl (C=O) groups is 3. The summed E-state index contributed by atoms with van der Waals surface area (Å²) < 4.78 is 0. The molecule has 2 aromatic rings. The smallest absolute Gasteiger partial charge is 0.336 e. The molecule has 0 aliphatic rings. The molecule has 8 heteroatoms. The fraction of sp³-hybridized carbons (Fsp3) is 0. The first-order valence-electron chi connectivity index (χ1n) is 5.81. The summed E-state index contributed by atoms with van der Waals surface area (Å²) in [5, 5.41) is 10.0. The lowest BCUT2D eigenvalue weighted by molar-refractivity contribution is 0.0691. The third-order valence-electron chi connectivity index (χ3n) is 3.00. The van der Waals surface area contributed by atoms with E-state index >= 15 is 0 Å². The summed E-state index contributed by atoms with van der Waals surface area (Å²) in [6.07, 6.45) is 0. The van der Waals surface area contributed by atoms with Crippen molar-refractivity contribution in [1.82, 2.24) is 10.9 Å². The van der Waals surface area contributed by atoms with E-state index in [0.29, 0.717) is 10.8 Å². The first-order valence-corrected chi connectivity index (χ1v) is 5.81. The highest BCUT2D eigenvalue weighted by Crippen LogP contribution is 2.24. The average molecular weight is 288 g/mol. The Bertz CT molecular complexity index is 757. The molecule has 0 radical (unpaired) electrons. The van der Waals surface area contributed by atoms with Crippen LogP contribution in [0.4, 0.5) is 0 Å². The Kier molecular flexibility index (Phi) is 3.83. The zero-order chi connectivity index (χ0) is 15.6. The predicted molar refractivity (Wildman–Crippen MR) is 74.2 cm³/mol. The van der Waals surface area contributed by atoms with E-state index in [-0.39, 0.29) is 16.7 Å². The molecule has 0 atom stereocenters. The van der Waals surface area contributed by atoms with Gasteiger partial charge in [0.15, 0.2) is 0 Å². The Hall–Kier alpha value is -2.97. The van der Waals surface area contributed by atoms with Crippen molar-refractivity contribution in [3.8, 4) is 0 Å². The molecule has 0 bridgehead atoms. The summed E-state index contributed by atoms with van der Waals surface area (Å²) in [5.41, 5.74) is 3.95. The molecular weight excluding hydrogens is 276 g/mol. The lowest BCUT2D eigenvalue weighted by atomic mass is 9.96. The quantitative estimate of drug-likeness (QED) is 0.299. The van der Waals surface area contributed by atoms with Crippen LogP contribution in [0.1, 0.15) is 31.1 Å². The van der Waals surface area contributed by atoms with Gasteiger partial charge in [-0.25, -0.2) is 16.5 Å². The summed E-state index contributed by atoms with van der Waals surface area (Å²) in [4.78, 5) is 34.5. The SMILES string of the molecule is NNC(=O)c1ccc2c(C(=O)NN)c(C(=O)O)ccc2c1. The van der Waals surface area contributed by atoms with Gasteiger partial charge in [0, 0.05) is 5.56 Å². The number of nitrogens with two attached hydrogens (primary N) is 2. The number of amides is 2. The summed E-state index contributed by atoms with van der Waals surface area (Å²) in [6, 6.07) is 7.18. The monoisotopic (exact) mass is 288 g/mol. The van der Waals surface area contributed by atoms with E-state index in [1.807, 2.05) is 10.9 Å². The highest BCUT2D eigenvalue weighted by molar-refractivity contribution is 6.14. The van der Waals surface area contributed by atoms with Crippen molar-refractivity contribution in [1.29, 1.82) is 0 Å². The van der Waals surface area contributed by atoms with Gasteiger partial charge in [-0.1, -0.05) is 12.1 Å². The number of rotatable bonds is 3. The Balaban J connectivity index is 2.75. The molecule has 2 rings (SSSR count). The number of nitrogen functional groups attached to an aromatic ring is 2. The van der Waals surface area contributed by atoms with Crippen LogP contribution in [-0.2, 0) is 0 Å². The van der Waals surface area contributed by atoms with Gasteiger partial charge in [-0.2, -0.15) is 0 Å². The first-order chi connectivity index (χ1) is 9.99. The van der Waals surface area contributed by atoms with Crippen molar-refractivity contribution >= 4 is 28.6 Å². The van der Waals surface area contributed by atoms with Gasteiger partial charge in [0.2, 0.25) is 0 Å². The van der Waals surface area contributed by atoms with Crippen molar-refractivity contribution < 1.29 is 19.5 Å². The molecule has 0 aliphatic carbocycles. The lowest BCUT2D eigenvalue weighted by Crippen LogP contribution is -2.31. The van der Waals surface area contributed by atoms with Gasteiger partial charge >= 0.3 is 5.97 Å². The highest BCUT2D eigenvalue weighted by atomic mass is 16.4. The summed E-state index contributed by atoms with van der Waals surface area (Å²) in [6.45, 7) is 0. The van der Waals surface area contributed by atoms with Crippen molar-refractivity contribution in [2.75, 3.05) is 0 Å². The van der Waals surface area contributed by atoms with E-state index in [2.05, 4.69) is 0 Å². The molecule has 0 aliphatic heterocycles. The van der Waals surface area contributed by atoms with Gasteiger partial charge in [-0.15, -0.1) is 0 Å². The van der Waals surface area contributed by atoms with Gasteiger partial charge in [-0.3, -0.25) is 20.4 Å². The number of hydrogen-bond donors (Lipinski definition) is 5. The molecule has 0 saturated heterocycles. The number of carboxylic acid groups (broad SMARTS) is 1. The fourth-order valence-electron chi connectivity index (χ4n) is 2.05. The fourth-order valence-corrected chi connectivity index (χ4v) is 2.05. The van der Waals surface area contributed by atoms with Crippen molar-refractivity contribution in [3.63, 3.8) is 0 Å². The van der Waals surface area contributed by atoms with E-state index in [1.165, 1.54) is 30.3 Å². The highest BCUT2D eigenvalue weighted by Gasteiger charge is 2.19. The maximum absolute atomic E-state index is 11.8. The minimum Gasteiger partial charge on any atom is -0.478 e. The number of fused-ring (bicyclic) bond motifs is 1. The lowest BCUT2D eigenvalue weighted by Gasteiger charge is -2.10. The average Bonchev–Trinajstić information content (AvgIpc) is 2.51. The van der Waals surface area contributed by atoms with Gasteiger partial charge in [0.05, 0.1) is 11.1 Å². The van der Waals surface area contributed by atoms with Crippen LogP contribution >= 0.6 is 0 Å². The number of carbonyl (C=O) groups excluding carboxylic acids is 2. The van der Waals surface area contributed by atoms with Crippen LogP contribution in [0.2, 0.25) is 0 Å². The molecule has 0 spiro atoms. The summed E-state index contributed by atoms with van der Waals surface area (Å²) >= 11 is 0. The van der Waals surface area contributed by atoms with Crippen LogP contribution in [0.5, 0.6) is 0 Å². The van der Waals surface area contributed by atoms with Gasteiger partial charge in [0.1, 0.15) is 0 Å². The molecule has 0 fully saturated rings. The van der Waals surface area contributed by atoms with E-state index in [9.17, 15) is 14.4 Å². The number of carboxylic acids is 1. The standard InChI is InChI=1S/C13H12N4O4/c14-16-11(18)7-2-3-8-6(5-7)1-4-9(13(20)21)10(8)12(19)17-15/h1-5H,14-15H2,(H,16,18)(H,17,19)(H,20,21). The number of nitrogens with one attached hydrogen (secondary N) is 2. The van der Waals surface area contributed by atoms with E-state index in [4.69, 9.17) is 16.8 Å². The van der Waals surface area contributed by atoms with Crippen molar-refractivity contribution in [3.05, 3.63) is 47.0 Å². The van der Waals surface area contributed by atoms with E-state index in [1.54, 1.807) is 0 Å². The molecule has 108 valence electrons. The van der Waals surface area contributed by atoms with Crippen LogP contribution < -0.4 is 22.5 Å². The van der Waals surface area contributed by atoms with Crippen LogP contribution in [-0.4, -0.2) is 22.9 Å². The summed E-state index contributed by atoms with van der Waals surface area (Å²) in [5.74, 6) is 7.67. The van der Waals surface area contributed by atoms with Crippen molar-refractivity contribution in [2.45, 2.75) is 0 Å². The van der Waals surface area contributed by atoms with Crippen LogP contribution in [0.15, 0.2) is 30.3 Å². The molecule has 0 saturated carbocycles. The Morgan fingerprint density at radius 2 is 1.62 bits per heavy atom. The molecule has 0 unspecified atom stereocenters. The molecular formula is C13H12N4O4. The second-order valence-corrected chi connectivity index (χ2v) is 4.18. The minimum atomic E-state index is -1.25. The van der Waals surface area contributed by atoms with E-state index < -0.39 is 17.8 Å². The maximum atomic E-state index is 11.8. The minimum absolute atomic E-state index is 0.0674. The zero-order valence-electron chi connectivity index (χ0n) is 10.7. The number of hydrazine groups is 2. The maximum Gasteiger partial charge on any atom is 0.336 e. The second kappa shape index (κ2) is 5.57. The second-order valence-electron chi connectivity index (χ2n) is 4.18. The molecule has 0 heterocycles. The van der Waals surface area contributed by atoms with Crippen LogP contribution in [0, 0.1) is 0 Å². The van der Waals surface area contributed by atoms with Gasteiger partial charge in [-0.05, 0) is 29.0 Å². The first kappa shape index (κ1) is 14.4. The van der Waals surface area contributed by atoms with Gasteiger partial charge < -0.3 is 5.11 Å². The van der Waals surface area contributed by atoms with E-state index in [0.717, 1.165) is 0 Å². The Morgan fingerprint density at radius 3 is 2.19 bits per heavy atom. The Morgan fingerprint density at radius 1 is 0.952 bits per heavy atom. The zero-order valence-corrected chi connectivity index (χ0v) is 10.7. The van der Waals surface area contributed by atoms with Gasteiger partial charge in [0.25, 0.3) is 11.8 Å². The van der Waals surface area contributed by atoms with Crippen molar-refractivity contribution in [2.24, 2.45) is 11.7 Å². The molecule has 2 amide bonds. The Labute approximate surface area is 118 Å². The molecule has 7 N–H and O–H groups in total. The summed E-state index contributed by atoms with van der Waals surface area (Å²) in [7, 11) is 0.